The predicted molar refractivity (Wildman–Crippen MR) is 105 cm³/mol. The Balaban J connectivity index is 1.84. The van der Waals surface area contributed by atoms with Crippen LogP contribution in [0.5, 0.6) is 5.75 Å². The topological polar surface area (TPSA) is 106 Å². The smallest absolute Gasteiger partial charge is 0.344 e. The Bertz CT molecular complexity index is 1100. The third-order valence-corrected chi connectivity index (χ3v) is 4.56. The van der Waals surface area contributed by atoms with Crippen molar-refractivity contribution in [3.8, 4) is 5.75 Å². The molecule has 1 heterocycles. The van der Waals surface area contributed by atoms with E-state index in [-0.39, 0.29) is 6.61 Å². The Morgan fingerprint density at radius 3 is 2.54 bits per heavy atom. The highest BCUT2D eigenvalue weighted by molar-refractivity contribution is 6.05. The number of nitrogens with one attached hydrogen (secondary N) is 1. The molecule has 1 amide bonds. The standard InChI is InChI=1S/C21H21NO6/c1-3-6-16(20(24)25)22-18(23)11-27-17-10-9-14-13-7-4-5-8-15(13)21(26)28-19(14)12(17)2/h4-5,7-10,16H,3,6,11H2,1-2H3,(H,22,23)(H,24,25)/t16-/m0/s1. The zero-order valence-corrected chi connectivity index (χ0v) is 15.7. The molecule has 0 spiro atoms. The third-order valence-electron chi connectivity index (χ3n) is 4.56. The molecule has 3 aromatic rings. The zero-order valence-electron chi connectivity index (χ0n) is 15.7. The molecule has 2 aromatic carbocycles. The summed E-state index contributed by atoms with van der Waals surface area (Å²) in [7, 11) is 0. The highest BCUT2D eigenvalue weighted by Crippen LogP contribution is 2.30. The second-order valence-electron chi connectivity index (χ2n) is 6.54. The van der Waals surface area contributed by atoms with Gasteiger partial charge in [0.1, 0.15) is 17.4 Å². The number of carbonyl (C=O) groups is 2. The third kappa shape index (κ3) is 3.83. The molecule has 1 atom stereocenters. The first-order valence-electron chi connectivity index (χ1n) is 9.02. The van der Waals surface area contributed by atoms with Crippen LogP contribution < -0.4 is 15.7 Å². The summed E-state index contributed by atoms with van der Waals surface area (Å²) in [4.78, 5) is 35.4. The lowest BCUT2D eigenvalue weighted by Crippen LogP contribution is -2.42. The van der Waals surface area contributed by atoms with Crippen molar-refractivity contribution < 1.29 is 23.8 Å². The van der Waals surface area contributed by atoms with Gasteiger partial charge in [0.15, 0.2) is 6.61 Å². The number of rotatable bonds is 7. The van der Waals surface area contributed by atoms with Crippen LogP contribution in [0.4, 0.5) is 0 Å². The van der Waals surface area contributed by atoms with Gasteiger partial charge in [-0.2, -0.15) is 0 Å². The summed E-state index contributed by atoms with van der Waals surface area (Å²) in [6.45, 7) is 3.25. The number of benzene rings is 2. The molecule has 2 N–H and O–H groups in total. The minimum absolute atomic E-state index is 0.336. The number of carbonyl (C=O) groups excluding carboxylic acids is 1. The zero-order chi connectivity index (χ0) is 20.3. The van der Waals surface area contributed by atoms with Gasteiger partial charge in [-0.3, -0.25) is 4.79 Å². The van der Waals surface area contributed by atoms with Crippen LogP contribution in [0.2, 0.25) is 0 Å². The largest absolute Gasteiger partial charge is 0.483 e. The van der Waals surface area contributed by atoms with Gasteiger partial charge in [0.2, 0.25) is 0 Å². The predicted octanol–water partition coefficient (Wildman–Crippen LogP) is 3.00. The highest BCUT2D eigenvalue weighted by atomic mass is 16.5. The quantitative estimate of drug-likeness (QED) is 0.480. The van der Waals surface area contributed by atoms with Gasteiger partial charge in [0, 0.05) is 10.9 Å². The minimum Gasteiger partial charge on any atom is -0.483 e. The van der Waals surface area contributed by atoms with Crippen molar-refractivity contribution in [3.05, 3.63) is 52.4 Å². The van der Waals surface area contributed by atoms with Gasteiger partial charge < -0.3 is 19.6 Å². The number of carboxylic acids is 1. The van der Waals surface area contributed by atoms with Crippen LogP contribution in [0.3, 0.4) is 0 Å². The highest BCUT2D eigenvalue weighted by Gasteiger charge is 2.19. The fourth-order valence-electron chi connectivity index (χ4n) is 3.14. The molecule has 1 aromatic heterocycles. The van der Waals surface area contributed by atoms with E-state index in [1.54, 1.807) is 31.2 Å². The van der Waals surface area contributed by atoms with Gasteiger partial charge >= 0.3 is 11.6 Å². The second-order valence-corrected chi connectivity index (χ2v) is 6.54. The normalized spacial score (nSPS) is 12.1. The molecule has 0 unspecified atom stereocenters. The van der Waals surface area contributed by atoms with Crippen molar-refractivity contribution in [2.45, 2.75) is 32.7 Å². The molecule has 7 nitrogen and oxygen atoms in total. The molecule has 146 valence electrons. The number of fused-ring (bicyclic) bond motifs is 3. The number of ether oxygens (including phenoxy) is 1. The summed E-state index contributed by atoms with van der Waals surface area (Å²) in [5, 5.41) is 13.6. The average Bonchev–Trinajstić information content (AvgIpc) is 2.68. The fourth-order valence-corrected chi connectivity index (χ4v) is 3.14. The molecule has 0 aliphatic carbocycles. The lowest BCUT2D eigenvalue weighted by atomic mass is 10.0. The van der Waals surface area contributed by atoms with Crippen LogP contribution in [0.1, 0.15) is 25.3 Å². The fraction of sp³-hybridized carbons (Fsp3) is 0.286. The van der Waals surface area contributed by atoms with E-state index in [9.17, 15) is 14.4 Å². The molecule has 0 aliphatic rings. The molecular formula is C21H21NO6. The van der Waals surface area contributed by atoms with Gasteiger partial charge in [-0.05, 0) is 36.9 Å². The van der Waals surface area contributed by atoms with E-state index >= 15 is 0 Å². The second kappa shape index (κ2) is 8.12. The lowest BCUT2D eigenvalue weighted by molar-refractivity contribution is -0.142. The Morgan fingerprint density at radius 2 is 1.86 bits per heavy atom. The summed E-state index contributed by atoms with van der Waals surface area (Å²) in [5.41, 5.74) is 0.553. The Labute approximate surface area is 160 Å². The maximum absolute atomic E-state index is 12.2. The van der Waals surface area contributed by atoms with Gasteiger partial charge in [-0.1, -0.05) is 31.5 Å². The van der Waals surface area contributed by atoms with Crippen LogP contribution >= 0.6 is 0 Å². The van der Waals surface area contributed by atoms with Gasteiger partial charge in [0.05, 0.1) is 5.39 Å². The van der Waals surface area contributed by atoms with E-state index in [1.807, 2.05) is 19.1 Å². The van der Waals surface area contributed by atoms with Crippen molar-refractivity contribution in [1.29, 1.82) is 0 Å². The SMILES string of the molecule is CCC[C@H](NC(=O)COc1ccc2c(oc(=O)c3ccccc32)c1C)C(=O)O. The molecule has 28 heavy (non-hydrogen) atoms. The number of hydrogen-bond acceptors (Lipinski definition) is 5. The summed E-state index contributed by atoms with van der Waals surface area (Å²) in [6.07, 6.45) is 0.975. The Kier molecular flexibility index (Phi) is 5.63. The Morgan fingerprint density at radius 1 is 1.14 bits per heavy atom. The maximum Gasteiger partial charge on any atom is 0.344 e. The van der Waals surface area contributed by atoms with E-state index in [1.165, 1.54) is 0 Å². The molecule has 0 fully saturated rings. The number of hydrogen-bond donors (Lipinski definition) is 2. The molecular weight excluding hydrogens is 362 g/mol. The van der Waals surface area contributed by atoms with E-state index in [0.717, 1.165) is 10.8 Å². The number of aryl methyl sites for hydroxylation is 1. The minimum atomic E-state index is -1.08. The van der Waals surface area contributed by atoms with E-state index < -0.39 is 23.5 Å². The average molecular weight is 383 g/mol. The van der Waals surface area contributed by atoms with Crippen LogP contribution in [0.15, 0.2) is 45.6 Å². The van der Waals surface area contributed by atoms with Crippen molar-refractivity contribution >= 4 is 33.6 Å². The van der Waals surface area contributed by atoms with E-state index in [2.05, 4.69) is 5.32 Å². The molecule has 0 aliphatic heterocycles. The van der Waals surface area contributed by atoms with Crippen LogP contribution in [-0.2, 0) is 9.59 Å². The number of amides is 1. The number of carboxylic acid groups (broad SMARTS) is 1. The maximum atomic E-state index is 12.2. The van der Waals surface area contributed by atoms with E-state index in [0.29, 0.717) is 35.1 Å². The van der Waals surface area contributed by atoms with E-state index in [4.69, 9.17) is 14.3 Å². The van der Waals surface area contributed by atoms with Crippen molar-refractivity contribution in [3.63, 3.8) is 0 Å². The molecule has 0 bridgehead atoms. The summed E-state index contributed by atoms with van der Waals surface area (Å²) in [6, 6.07) is 9.72. The van der Waals surface area contributed by atoms with Crippen molar-refractivity contribution in [2.24, 2.45) is 0 Å². The lowest BCUT2D eigenvalue weighted by Gasteiger charge is -2.15. The van der Waals surface area contributed by atoms with Crippen LogP contribution in [0, 0.1) is 6.92 Å². The molecule has 7 heteroatoms. The van der Waals surface area contributed by atoms with Crippen molar-refractivity contribution in [1.82, 2.24) is 5.32 Å². The van der Waals surface area contributed by atoms with Crippen LogP contribution in [-0.4, -0.2) is 29.6 Å². The molecule has 3 rings (SSSR count). The monoisotopic (exact) mass is 383 g/mol. The van der Waals surface area contributed by atoms with Gasteiger partial charge in [-0.25, -0.2) is 9.59 Å². The first-order valence-corrected chi connectivity index (χ1v) is 9.02. The van der Waals surface area contributed by atoms with Gasteiger partial charge in [-0.15, -0.1) is 0 Å². The molecule has 0 radical (unpaired) electrons. The Hall–Kier alpha value is -3.35. The summed E-state index contributed by atoms with van der Waals surface area (Å²) >= 11 is 0. The summed E-state index contributed by atoms with van der Waals surface area (Å²) < 4.78 is 11.0. The van der Waals surface area contributed by atoms with Gasteiger partial charge in [0.25, 0.3) is 5.91 Å². The first kappa shape index (κ1) is 19.4. The molecule has 0 saturated carbocycles. The molecule has 0 saturated heterocycles. The van der Waals surface area contributed by atoms with Crippen LogP contribution in [0.25, 0.3) is 21.7 Å². The number of aliphatic carboxylic acids is 1. The first-order chi connectivity index (χ1) is 13.4. The van der Waals surface area contributed by atoms with Crippen molar-refractivity contribution in [2.75, 3.05) is 6.61 Å². The summed E-state index contributed by atoms with van der Waals surface area (Å²) in [5.74, 6) is -1.21.